The van der Waals surface area contributed by atoms with Crippen molar-refractivity contribution in [2.75, 3.05) is 11.9 Å². The molecule has 0 aliphatic rings. The monoisotopic (exact) mass is 285 g/mol. The highest BCUT2D eigenvalue weighted by atomic mass is 16.2. The Balaban J connectivity index is 1.84. The molecule has 0 fully saturated rings. The number of hydrogen-bond acceptors (Lipinski definition) is 2. The van der Waals surface area contributed by atoms with Crippen molar-refractivity contribution in [2.45, 2.75) is 13.3 Å². The maximum absolute atomic E-state index is 12.0. The van der Waals surface area contributed by atoms with Gasteiger partial charge in [-0.25, -0.2) is 0 Å². The molecule has 1 aromatic carbocycles. The molecule has 110 valence electrons. The molecule has 0 atom stereocenters. The Kier molecular flexibility index (Phi) is 4.77. The van der Waals surface area contributed by atoms with Crippen molar-refractivity contribution < 1.29 is 9.59 Å². The Bertz CT molecular complexity index is 629. The smallest absolute Gasteiger partial charge is 0.251 e. The van der Waals surface area contributed by atoms with E-state index in [9.17, 15) is 9.59 Å². The van der Waals surface area contributed by atoms with Crippen LogP contribution in [0.2, 0.25) is 0 Å². The zero-order valence-electron chi connectivity index (χ0n) is 12.2. The van der Waals surface area contributed by atoms with Crippen molar-refractivity contribution in [3.63, 3.8) is 0 Å². The SMILES string of the molecule is CC(=O)Nc1ccc(C(=O)NCCc2ccn(C)c2)cc1. The van der Waals surface area contributed by atoms with Gasteiger partial charge in [-0.15, -0.1) is 0 Å². The molecule has 0 aliphatic carbocycles. The maximum Gasteiger partial charge on any atom is 0.251 e. The predicted molar refractivity (Wildman–Crippen MR) is 82.2 cm³/mol. The molecule has 2 rings (SSSR count). The van der Waals surface area contributed by atoms with E-state index < -0.39 is 0 Å². The van der Waals surface area contributed by atoms with E-state index in [1.54, 1.807) is 24.3 Å². The van der Waals surface area contributed by atoms with E-state index in [1.165, 1.54) is 12.5 Å². The average molecular weight is 285 g/mol. The van der Waals surface area contributed by atoms with Crippen LogP contribution in [0.3, 0.4) is 0 Å². The van der Waals surface area contributed by atoms with Gasteiger partial charge in [0.25, 0.3) is 5.91 Å². The summed E-state index contributed by atoms with van der Waals surface area (Å²) >= 11 is 0. The zero-order valence-corrected chi connectivity index (χ0v) is 12.2. The van der Waals surface area contributed by atoms with Crippen LogP contribution in [0.4, 0.5) is 5.69 Å². The second kappa shape index (κ2) is 6.74. The Morgan fingerprint density at radius 1 is 1.14 bits per heavy atom. The van der Waals surface area contributed by atoms with Gasteiger partial charge < -0.3 is 15.2 Å². The van der Waals surface area contributed by atoms with Crippen molar-refractivity contribution in [3.8, 4) is 0 Å². The second-order valence-corrected chi connectivity index (χ2v) is 4.95. The molecule has 2 amide bonds. The van der Waals surface area contributed by atoms with Gasteiger partial charge in [0.15, 0.2) is 0 Å². The quantitative estimate of drug-likeness (QED) is 0.882. The summed E-state index contributed by atoms with van der Waals surface area (Å²) < 4.78 is 1.98. The lowest BCUT2D eigenvalue weighted by molar-refractivity contribution is -0.114. The number of hydrogen-bond donors (Lipinski definition) is 2. The fourth-order valence-corrected chi connectivity index (χ4v) is 2.04. The standard InChI is InChI=1S/C16H19N3O2/c1-12(20)18-15-5-3-14(4-6-15)16(21)17-9-7-13-8-10-19(2)11-13/h3-6,8,10-11H,7,9H2,1-2H3,(H,17,21)(H,18,20). The number of nitrogens with zero attached hydrogens (tertiary/aromatic N) is 1. The summed E-state index contributed by atoms with van der Waals surface area (Å²) in [6.07, 6.45) is 4.82. The number of rotatable bonds is 5. The van der Waals surface area contributed by atoms with Crippen LogP contribution in [-0.2, 0) is 18.3 Å². The second-order valence-electron chi connectivity index (χ2n) is 4.95. The number of amides is 2. The van der Waals surface area contributed by atoms with E-state index in [0.29, 0.717) is 17.8 Å². The number of benzene rings is 1. The molecule has 0 saturated heterocycles. The summed E-state index contributed by atoms with van der Waals surface area (Å²) in [7, 11) is 1.97. The highest BCUT2D eigenvalue weighted by molar-refractivity contribution is 5.95. The first-order valence-electron chi connectivity index (χ1n) is 6.81. The van der Waals surface area contributed by atoms with Crippen LogP contribution in [0.25, 0.3) is 0 Å². The van der Waals surface area contributed by atoms with E-state index >= 15 is 0 Å². The Morgan fingerprint density at radius 3 is 2.43 bits per heavy atom. The summed E-state index contributed by atoms with van der Waals surface area (Å²) in [5.74, 6) is -0.240. The molecule has 2 aromatic rings. The van der Waals surface area contributed by atoms with Gasteiger partial charge >= 0.3 is 0 Å². The third-order valence-electron chi connectivity index (χ3n) is 3.06. The lowest BCUT2D eigenvalue weighted by Crippen LogP contribution is -2.25. The van der Waals surface area contributed by atoms with Crippen molar-refractivity contribution in [1.82, 2.24) is 9.88 Å². The van der Waals surface area contributed by atoms with Crippen molar-refractivity contribution in [3.05, 3.63) is 53.9 Å². The van der Waals surface area contributed by atoms with Gasteiger partial charge in [0.1, 0.15) is 0 Å². The number of nitrogens with one attached hydrogen (secondary N) is 2. The van der Waals surface area contributed by atoms with Crippen LogP contribution in [0.15, 0.2) is 42.7 Å². The van der Waals surface area contributed by atoms with E-state index in [2.05, 4.69) is 10.6 Å². The summed E-state index contributed by atoms with van der Waals surface area (Å²) in [4.78, 5) is 22.9. The molecule has 0 saturated carbocycles. The normalized spacial score (nSPS) is 10.2. The van der Waals surface area contributed by atoms with Crippen LogP contribution in [0, 0.1) is 0 Å². The molecular formula is C16H19N3O2. The molecule has 5 nitrogen and oxygen atoms in total. The van der Waals surface area contributed by atoms with Crippen molar-refractivity contribution >= 4 is 17.5 Å². The van der Waals surface area contributed by atoms with E-state index in [-0.39, 0.29) is 11.8 Å². The fourth-order valence-electron chi connectivity index (χ4n) is 2.04. The maximum atomic E-state index is 12.0. The van der Waals surface area contributed by atoms with Crippen LogP contribution in [0.5, 0.6) is 0 Å². The number of aromatic nitrogens is 1. The Hall–Kier alpha value is -2.56. The predicted octanol–water partition coefficient (Wildman–Crippen LogP) is 1.96. The summed E-state index contributed by atoms with van der Waals surface area (Å²) in [6, 6.07) is 8.86. The van der Waals surface area contributed by atoms with Crippen molar-refractivity contribution in [2.24, 2.45) is 7.05 Å². The minimum absolute atomic E-state index is 0.111. The van der Waals surface area contributed by atoms with Crippen LogP contribution in [-0.4, -0.2) is 22.9 Å². The molecule has 0 bridgehead atoms. The zero-order chi connectivity index (χ0) is 15.2. The molecule has 0 spiro atoms. The van der Waals surface area contributed by atoms with Crippen LogP contribution < -0.4 is 10.6 Å². The van der Waals surface area contributed by atoms with Gasteiger partial charge in [-0.3, -0.25) is 9.59 Å². The molecule has 1 aromatic heterocycles. The third-order valence-corrected chi connectivity index (χ3v) is 3.06. The van der Waals surface area contributed by atoms with E-state index in [0.717, 1.165) is 6.42 Å². The first-order valence-corrected chi connectivity index (χ1v) is 6.81. The first kappa shape index (κ1) is 14.8. The molecule has 0 unspecified atom stereocenters. The highest BCUT2D eigenvalue weighted by Gasteiger charge is 2.05. The average Bonchev–Trinajstić information content (AvgIpc) is 2.84. The molecule has 0 radical (unpaired) electrons. The molecule has 0 aliphatic heterocycles. The summed E-state index contributed by atoms with van der Waals surface area (Å²) in [6.45, 7) is 2.04. The van der Waals surface area contributed by atoms with Gasteiger partial charge in [0.2, 0.25) is 5.91 Å². The molecule has 21 heavy (non-hydrogen) atoms. The fraction of sp³-hybridized carbons (Fsp3) is 0.250. The van der Waals surface area contributed by atoms with Crippen molar-refractivity contribution in [1.29, 1.82) is 0 Å². The number of anilines is 1. The minimum Gasteiger partial charge on any atom is -0.357 e. The highest BCUT2D eigenvalue weighted by Crippen LogP contribution is 2.09. The number of carbonyl (C=O) groups is 2. The molecular weight excluding hydrogens is 266 g/mol. The first-order chi connectivity index (χ1) is 10.0. The van der Waals surface area contributed by atoms with E-state index in [4.69, 9.17) is 0 Å². The summed E-state index contributed by atoms with van der Waals surface area (Å²) in [5.41, 5.74) is 2.46. The lowest BCUT2D eigenvalue weighted by atomic mass is 10.2. The number of carbonyl (C=O) groups excluding carboxylic acids is 2. The third kappa shape index (κ3) is 4.49. The molecule has 5 heteroatoms. The van der Waals surface area contributed by atoms with Crippen LogP contribution in [0.1, 0.15) is 22.8 Å². The Labute approximate surface area is 124 Å². The summed E-state index contributed by atoms with van der Waals surface area (Å²) in [5, 5.41) is 5.55. The largest absolute Gasteiger partial charge is 0.357 e. The molecule has 1 heterocycles. The van der Waals surface area contributed by atoms with Gasteiger partial charge in [-0.05, 0) is 42.3 Å². The lowest BCUT2D eigenvalue weighted by Gasteiger charge is -2.06. The van der Waals surface area contributed by atoms with Gasteiger partial charge in [-0.2, -0.15) is 0 Å². The minimum atomic E-state index is -0.130. The van der Waals surface area contributed by atoms with Gasteiger partial charge in [0.05, 0.1) is 0 Å². The topological polar surface area (TPSA) is 63.1 Å². The van der Waals surface area contributed by atoms with Gasteiger partial charge in [-0.1, -0.05) is 0 Å². The van der Waals surface area contributed by atoms with Gasteiger partial charge in [0, 0.05) is 44.2 Å². The van der Waals surface area contributed by atoms with Crippen LogP contribution >= 0.6 is 0 Å². The Morgan fingerprint density at radius 2 is 1.86 bits per heavy atom. The number of aryl methyl sites for hydroxylation is 1. The molecule has 2 N–H and O–H groups in total. The van der Waals surface area contributed by atoms with E-state index in [1.807, 2.05) is 30.1 Å².